The molecule has 4 aromatic heterocycles. The maximum absolute atomic E-state index is 13.9. The summed E-state index contributed by atoms with van der Waals surface area (Å²) < 4.78 is 30.6. The molecule has 8 aromatic rings. The minimum Gasteiger partial charge on any atom is -0.324 e. The number of benzene rings is 4. The maximum Gasteiger partial charge on any atom is 0.241 e. The molecule has 0 saturated heterocycles. The summed E-state index contributed by atoms with van der Waals surface area (Å²) in [4.78, 5) is 36.2. The van der Waals surface area contributed by atoms with Crippen LogP contribution in [0.4, 0.5) is 23.3 Å². The molecule has 1 aliphatic rings. The van der Waals surface area contributed by atoms with Gasteiger partial charge >= 0.3 is 0 Å². The van der Waals surface area contributed by atoms with Crippen LogP contribution in [0.2, 0.25) is 0 Å². The second kappa shape index (κ2) is 11.6. The molecule has 248 valence electrons. The highest BCUT2D eigenvalue weighted by atomic mass is 32.2. The van der Waals surface area contributed by atoms with Gasteiger partial charge in [-0.2, -0.15) is 0 Å². The van der Waals surface area contributed by atoms with Crippen LogP contribution >= 0.6 is 0 Å². The largest absolute Gasteiger partial charge is 0.324 e. The molecule has 8 bridgehead atoms. The van der Waals surface area contributed by atoms with Crippen LogP contribution in [0.5, 0.6) is 0 Å². The van der Waals surface area contributed by atoms with Crippen molar-refractivity contribution in [1.29, 1.82) is 0 Å². The zero-order valence-corrected chi connectivity index (χ0v) is 28.1. The number of hydrogen-bond donors (Lipinski definition) is 5. The number of hydrogen-bond acceptors (Lipinski definition) is 7. The Morgan fingerprint density at radius 3 is 1.46 bits per heavy atom. The third kappa shape index (κ3) is 5.02. The average Bonchev–Trinajstić information content (AvgIpc) is 3.86. The predicted molar refractivity (Wildman–Crippen MR) is 195 cm³/mol. The molecular weight excluding hydrogens is 649 g/mol. The summed E-state index contributed by atoms with van der Waals surface area (Å²) in [6.07, 6.45) is 0.665. The molecule has 0 aliphatic carbocycles. The highest BCUT2D eigenvalue weighted by Gasteiger charge is 2.23. The summed E-state index contributed by atoms with van der Waals surface area (Å²) in [6, 6.07) is 29.0. The van der Waals surface area contributed by atoms with Crippen molar-refractivity contribution >= 4 is 76.4 Å². The Morgan fingerprint density at radius 2 is 0.960 bits per heavy atom. The standard InChI is InChI=1S/C37H32N10O2S/c1-47(2)20-10-19-38-50(48,49)28-18-9-17-27-29(28)37-45-35-26-16-8-7-15-25(26)33(43-35)41-31-22-12-4-3-11-21(22)30(39-31)40-32-23-13-5-6-14-24(23)34(42-32)44-36(27)46-37/h3-9,11-18,38H,10,19-20H2,1-2H3,(H4,39,40,41,42,43,44,45,46). The van der Waals surface area contributed by atoms with Gasteiger partial charge < -0.3 is 24.8 Å². The van der Waals surface area contributed by atoms with Crippen LogP contribution in [0.15, 0.2) is 116 Å². The van der Waals surface area contributed by atoms with Gasteiger partial charge in [0.1, 0.15) is 45.2 Å². The summed E-state index contributed by atoms with van der Waals surface area (Å²) in [5.74, 6) is 2.12. The van der Waals surface area contributed by atoms with Crippen LogP contribution in [-0.2, 0) is 10.0 Å². The second-order valence-corrected chi connectivity index (χ2v) is 14.3. The number of rotatable bonds is 6. The quantitative estimate of drug-likeness (QED) is 0.157. The van der Waals surface area contributed by atoms with Crippen molar-refractivity contribution in [3.05, 3.63) is 113 Å². The van der Waals surface area contributed by atoms with Crippen LogP contribution in [0.3, 0.4) is 0 Å². The molecule has 0 amide bonds. The zero-order valence-electron chi connectivity index (χ0n) is 27.2. The Kier molecular flexibility index (Phi) is 7.02. The van der Waals surface area contributed by atoms with E-state index in [0.29, 0.717) is 69.0 Å². The first-order valence-electron chi connectivity index (χ1n) is 16.3. The van der Waals surface area contributed by atoms with Gasteiger partial charge in [0.25, 0.3) is 0 Å². The average molecular weight is 681 g/mol. The van der Waals surface area contributed by atoms with E-state index < -0.39 is 10.0 Å². The number of nitrogens with one attached hydrogen (secondary N) is 5. The van der Waals surface area contributed by atoms with Gasteiger partial charge in [-0.05, 0) is 33.1 Å². The van der Waals surface area contributed by atoms with E-state index in [2.05, 4.69) is 24.7 Å². The second-order valence-electron chi connectivity index (χ2n) is 12.6. The Bertz CT molecular complexity index is 3000. The molecule has 0 radical (unpaired) electrons. The maximum atomic E-state index is 13.9. The summed E-state index contributed by atoms with van der Waals surface area (Å²) in [5.41, 5.74) is 2.34. The molecule has 0 spiro atoms. The first-order chi connectivity index (χ1) is 24.3. The molecule has 5 N–H and O–H groups in total. The predicted octanol–water partition coefficient (Wildman–Crippen LogP) is 4.96. The van der Waals surface area contributed by atoms with Gasteiger partial charge in [0.2, 0.25) is 10.0 Å². The molecule has 0 fully saturated rings. The summed E-state index contributed by atoms with van der Waals surface area (Å²) in [5, 5.41) is 6.35. The normalized spacial score (nSPS) is 13.1. The smallest absolute Gasteiger partial charge is 0.241 e. The topological polar surface area (TPSA) is 162 Å². The number of fused-ring (bicyclic) bond motifs is 20. The lowest BCUT2D eigenvalue weighted by Gasteiger charge is -2.11. The van der Waals surface area contributed by atoms with Crippen molar-refractivity contribution in [1.82, 2.24) is 29.6 Å². The van der Waals surface area contributed by atoms with Crippen LogP contribution in [-0.4, -0.2) is 60.4 Å². The molecule has 0 unspecified atom stereocenters. The van der Waals surface area contributed by atoms with Gasteiger partial charge in [0.15, 0.2) is 0 Å². The van der Waals surface area contributed by atoms with Crippen molar-refractivity contribution in [2.24, 2.45) is 20.0 Å². The minimum atomic E-state index is -3.92. The fourth-order valence-electron chi connectivity index (χ4n) is 6.70. The molecule has 0 saturated carbocycles. The zero-order chi connectivity index (χ0) is 34.0. The first-order valence-corrected chi connectivity index (χ1v) is 17.8. The fraction of sp³-hybridized carbons (Fsp3) is 0.135. The molecule has 12 nitrogen and oxygen atoms in total. The lowest BCUT2D eigenvalue weighted by atomic mass is 10.2. The summed E-state index contributed by atoms with van der Waals surface area (Å²) in [7, 11) is 0.00153. The van der Waals surface area contributed by atoms with Crippen LogP contribution in [0.25, 0.3) is 43.1 Å². The monoisotopic (exact) mass is 680 g/mol. The summed E-state index contributed by atoms with van der Waals surface area (Å²) in [6.45, 7) is 1.05. The number of H-pyrrole nitrogens is 4. The Hall–Kier alpha value is -5.89. The van der Waals surface area contributed by atoms with Crippen molar-refractivity contribution in [3.8, 4) is 0 Å². The van der Waals surface area contributed by atoms with Gasteiger partial charge in [-0.3, -0.25) is 0 Å². The molecule has 50 heavy (non-hydrogen) atoms. The SMILES string of the molecule is CN(C)CCCNS(=O)(=O)c1cccc2c3[nH]c(c12)N=c1[nH]c(c2ccccc12)=Nc1[nH]c(c2ccccc12)N=c1[nH]c(c2ccccc12)=N3. The molecule has 5 heterocycles. The van der Waals surface area contributed by atoms with E-state index in [1.165, 1.54) is 0 Å². The third-order valence-corrected chi connectivity index (χ3v) is 10.5. The van der Waals surface area contributed by atoms with Crippen molar-refractivity contribution < 1.29 is 8.42 Å². The molecule has 9 rings (SSSR count). The van der Waals surface area contributed by atoms with Gasteiger partial charge in [-0.1, -0.05) is 84.9 Å². The molecule has 1 aliphatic heterocycles. The minimum absolute atomic E-state index is 0.118. The van der Waals surface area contributed by atoms with Crippen molar-refractivity contribution in [2.75, 3.05) is 27.2 Å². The third-order valence-electron chi connectivity index (χ3n) is 9.04. The number of aromatic nitrogens is 4. The molecule has 4 aromatic carbocycles. The fourth-order valence-corrected chi connectivity index (χ4v) is 8.00. The van der Waals surface area contributed by atoms with Crippen molar-refractivity contribution in [2.45, 2.75) is 11.3 Å². The lowest BCUT2D eigenvalue weighted by Crippen LogP contribution is -2.27. The lowest BCUT2D eigenvalue weighted by molar-refractivity contribution is 0.400. The van der Waals surface area contributed by atoms with E-state index >= 15 is 0 Å². The van der Waals surface area contributed by atoms with Crippen LogP contribution in [0.1, 0.15) is 6.42 Å². The van der Waals surface area contributed by atoms with Gasteiger partial charge in [0, 0.05) is 49.6 Å². The number of nitrogens with zero attached hydrogens (tertiary/aromatic N) is 5. The number of aromatic amines is 4. The Balaban J connectivity index is 1.39. The van der Waals surface area contributed by atoms with Gasteiger partial charge in [0.05, 0.1) is 4.90 Å². The van der Waals surface area contributed by atoms with E-state index in [4.69, 9.17) is 20.0 Å². The van der Waals surface area contributed by atoms with E-state index in [1.54, 1.807) is 12.1 Å². The van der Waals surface area contributed by atoms with Gasteiger partial charge in [-0.15, -0.1) is 0 Å². The summed E-state index contributed by atoms with van der Waals surface area (Å²) >= 11 is 0. The van der Waals surface area contributed by atoms with E-state index in [1.807, 2.05) is 97.9 Å². The Morgan fingerprint density at radius 1 is 0.540 bits per heavy atom. The highest BCUT2D eigenvalue weighted by molar-refractivity contribution is 7.89. The highest BCUT2D eigenvalue weighted by Crippen LogP contribution is 2.38. The molecule has 13 heteroatoms. The molecular formula is C37H32N10O2S. The van der Waals surface area contributed by atoms with E-state index in [-0.39, 0.29) is 4.90 Å². The van der Waals surface area contributed by atoms with E-state index in [9.17, 15) is 8.42 Å². The molecule has 0 atom stereocenters. The van der Waals surface area contributed by atoms with Crippen LogP contribution in [0, 0.1) is 0 Å². The van der Waals surface area contributed by atoms with E-state index in [0.717, 1.165) is 38.9 Å². The van der Waals surface area contributed by atoms with Crippen molar-refractivity contribution in [3.63, 3.8) is 0 Å². The Labute approximate surface area is 285 Å². The first kappa shape index (κ1) is 30.2. The van der Waals surface area contributed by atoms with Crippen LogP contribution < -0.4 is 26.7 Å². The number of sulfonamides is 1. The van der Waals surface area contributed by atoms with Gasteiger partial charge in [-0.25, -0.2) is 33.1 Å².